The van der Waals surface area contributed by atoms with Crippen molar-refractivity contribution in [1.82, 2.24) is 9.88 Å². The molecular formula is C31H37FN6O2S. The Hall–Kier alpha value is -3.81. The molecule has 2 aliphatic heterocycles. The van der Waals surface area contributed by atoms with Crippen LogP contribution in [0.2, 0.25) is 0 Å². The van der Waals surface area contributed by atoms with Gasteiger partial charge in [0.05, 0.1) is 23.9 Å². The predicted molar refractivity (Wildman–Crippen MR) is 165 cm³/mol. The molecule has 0 unspecified atom stereocenters. The lowest BCUT2D eigenvalue weighted by Gasteiger charge is -2.41. The van der Waals surface area contributed by atoms with Crippen LogP contribution in [-0.2, 0) is 0 Å². The van der Waals surface area contributed by atoms with E-state index in [2.05, 4.69) is 28.2 Å². The Morgan fingerprint density at radius 1 is 1.10 bits per heavy atom. The van der Waals surface area contributed by atoms with E-state index >= 15 is 0 Å². The molecule has 10 heteroatoms. The van der Waals surface area contributed by atoms with Crippen LogP contribution >= 0.6 is 13.5 Å². The number of rotatable bonds is 6. The number of nitrogens with zero attached hydrogens (tertiary/aromatic N) is 5. The average Bonchev–Trinajstić information content (AvgIpc) is 2.98. The standard InChI is InChI=1S/C31H35FN6O2.H2S/c1-21-15-22(2)28(35-25-8-11-36(12-9-25)29-6-4-3-5-23(29)18-33)17-27(21)31(40)37-13-14-38(26(19-37)20-39)30-16-24(32)7-10-34-30;/h3-7,10,15-17,25-26,35,39H,8-9,11-14,19-20H2,1-2H3;1H2/t26-;/m0./s1. The fourth-order valence-electron chi connectivity index (χ4n) is 5.79. The van der Waals surface area contributed by atoms with Gasteiger partial charge in [-0.1, -0.05) is 18.2 Å². The highest BCUT2D eigenvalue weighted by molar-refractivity contribution is 7.59. The SMILES string of the molecule is Cc1cc(C)c(C(=O)N2CCN(c3cc(F)ccn3)[C@H](CO)C2)cc1NC1CCN(c2ccccc2C#N)CC1.S. The molecule has 3 aromatic rings. The van der Waals surface area contributed by atoms with Crippen molar-refractivity contribution in [3.63, 3.8) is 0 Å². The summed E-state index contributed by atoms with van der Waals surface area (Å²) in [6.07, 6.45) is 3.26. The van der Waals surface area contributed by atoms with Crippen LogP contribution < -0.4 is 15.1 Å². The molecule has 2 saturated heterocycles. The number of piperazine rings is 1. The van der Waals surface area contributed by atoms with Crippen molar-refractivity contribution < 1.29 is 14.3 Å². The Balaban J connectivity index is 0.00000387. The fourth-order valence-corrected chi connectivity index (χ4v) is 5.79. The summed E-state index contributed by atoms with van der Waals surface area (Å²) < 4.78 is 13.8. The zero-order valence-corrected chi connectivity index (χ0v) is 24.5. The zero-order valence-electron chi connectivity index (χ0n) is 23.5. The summed E-state index contributed by atoms with van der Waals surface area (Å²) in [7, 11) is 0. The van der Waals surface area contributed by atoms with Crippen LogP contribution in [0.1, 0.15) is 39.9 Å². The summed E-state index contributed by atoms with van der Waals surface area (Å²) in [6, 6.07) is 16.6. The number of benzene rings is 2. The van der Waals surface area contributed by atoms with Crippen molar-refractivity contribution in [1.29, 1.82) is 5.26 Å². The first-order valence-electron chi connectivity index (χ1n) is 13.8. The van der Waals surface area contributed by atoms with Gasteiger partial charge >= 0.3 is 0 Å². The van der Waals surface area contributed by atoms with Crippen molar-refractivity contribution in [2.75, 3.05) is 54.4 Å². The number of carbonyl (C=O) groups is 1. The molecule has 2 aromatic carbocycles. The number of nitrogens with one attached hydrogen (secondary N) is 1. The van der Waals surface area contributed by atoms with Gasteiger partial charge in [-0.2, -0.15) is 18.8 Å². The second-order valence-electron chi connectivity index (χ2n) is 10.6. The molecule has 8 nitrogen and oxygen atoms in total. The van der Waals surface area contributed by atoms with Crippen molar-refractivity contribution in [2.45, 2.75) is 38.8 Å². The van der Waals surface area contributed by atoms with Crippen LogP contribution in [-0.4, -0.2) is 72.3 Å². The maximum Gasteiger partial charge on any atom is 0.254 e. The van der Waals surface area contributed by atoms with Gasteiger partial charge in [-0.15, -0.1) is 0 Å². The molecule has 3 heterocycles. The second kappa shape index (κ2) is 13.2. The van der Waals surface area contributed by atoms with Gasteiger partial charge in [-0.25, -0.2) is 9.37 Å². The molecule has 0 radical (unpaired) electrons. The van der Waals surface area contributed by atoms with E-state index in [1.807, 2.05) is 48.2 Å². The molecule has 1 amide bonds. The summed E-state index contributed by atoms with van der Waals surface area (Å²) in [5.41, 5.74) is 5.26. The van der Waals surface area contributed by atoms with Gasteiger partial charge in [0, 0.05) is 62.3 Å². The summed E-state index contributed by atoms with van der Waals surface area (Å²) in [4.78, 5) is 23.8. The number of aliphatic hydroxyl groups is 1. The number of aryl methyl sites for hydroxylation is 2. The summed E-state index contributed by atoms with van der Waals surface area (Å²) in [5, 5.41) is 23.2. The van der Waals surface area contributed by atoms with E-state index in [0.717, 1.165) is 48.4 Å². The molecule has 41 heavy (non-hydrogen) atoms. The number of carbonyl (C=O) groups excluding carboxylic acids is 1. The van der Waals surface area contributed by atoms with Crippen molar-refractivity contribution >= 4 is 36.6 Å². The third-order valence-corrected chi connectivity index (χ3v) is 8.00. The van der Waals surface area contributed by atoms with Gasteiger partial charge in [0.25, 0.3) is 5.91 Å². The van der Waals surface area contributed by atoms with Gasteiger partial charge in [0.2, 0.25) is 0 Å². The average molecular weight is 577 g/mol. The van der Waals surface area contributed by atoms with Crippen LogP contribution in [0.4, 0.5) is 21.6 Å². The number of anilines is 3. The molecule has 5 rings (SSSR count). The number of hydrogen-bond donors (Lipinski definition) is 2. The number of halogens is 1. The van der Waals surface area contributed by atoms with Crippen molar-refractivity contribution in [2.24, 2.45) is 0 Å². The predicted octanol–water partition coefficient (Wildman–Crippen LogP) is 4.23. The monoisotopic (exact) mass is 576 g/mol. The largest absolute Gasteiger partial charge is 0.394 e. The van der Waals surface area contributed by atoms with Gasteiger partial charge in [0.15, 0.2) is 0 Å². The van der Waals surface area contributed by atoms with E-state index in [0.29, 0.717) is 36.6 Å². The molecular weight excluding hydrogens is 539 g/mol. The molecule has 0 aliphatic carbocycles. The molecule has 0 spiro atoms. The number of nitriles is 1. The Morgan fingerprint density at radius 2 is 1.85 bits per heavy atom. The Labute approximate surface area is 247 Å². The number of amides is 1. The second-order valence-corrected chi connectivity index (χ2v) is 10.6. The molecule has 2 N–H and O–H groups in total. The molecule has 1 atom stereocenters. The van der Waals surface area contributed by atoms with E-state index < -0.39 is 0 Å². The lowest BCUT2D eigenvalue weighted by Crippen LogP contribution is -2.56. The third-order valence-electron chi connectivity index (χ3n) is 8.00. The van der Waals surface area contributed by atoms with E-state index in [9.17, 15) is 19.6 Å². The number of aromatic nitrogens is 1. The zero-order chi connectivity index (χ0) is 28.2. The van der Waals surface area contributed by atoms with Crippen LogP contribution in [0.15, 0.2) is 54.7 Å². The highest BCUT2D eigenvalue weighted by Gasteiger charge is 2.31. The molecule has 0 saturated carbocycles. The molecule has 2 fully saturated rings. The minimum absolute atomic E-state index is 0. The highest BCUT2D eigenvalue weighted by Crippen LogP contribution is 2.28. The quantitative estimate of drug-likeness (QED) is 0.454. The molecule has 1 aromatic heterocycles. The summed E-state index contributed by atoms with van der Waals surface area (Å²) in [5.74, 6) is 0.00764. The normalized spacial score (nSPS) is 17.5. The van der Waals surface area contributed by atoms with Crippen molar-refractivity contribution in [3.8, 4) is 6.07 Å². The van der Waals surface area contributed by atoms with Gasteiger partial charge in [-0.05, 0) is 62.1 Å². The first-order chi connectivity index (χ1) is 19.4. The van der Waals surface area contributed by atoms with Crippen LogP contribution in [0.5, 0.6) is 0 Å². The smallest absolute Gasteiger partial charge is 0.254 e. The van der Waals surface area contributed by atoms with Gasteiger partial charge in [-0.3, -0.25) is 4.79 Å². The third kappa shape index (κ3) is 6.58. The topological polar surface area (TPSA) is 95.7 Å². The summed E-state index contributed by atoms with van der Waals surface area (Å²) in [6.45, 7) is 6.76. The number of para-hydroxylation sites is 1. The Bertz CT molecular complexity index is 1420. The van der Waals surface area contributed by atoms with E-state index in [-0.39, 0.29) is 43.9 Å². The van der Waals surface area contributed by atoms with E-state index in [1.165, 1.54) is 18.3 Å². The van der Waals surface area contributed by atoms with Gasteiger partial charge in [0.1, 0.15) is 17.7 Å². The summed E-state index contributed by atoms with van der Waals surface area (Å²) >= 11 is 0. The number of piperidine rings is 1. The number of hydrogen-bond acceptors (Lipinski definition) is 7. The molecule has 2 aliphatic rings. The first kappa shape index (κ1) is 30.2. The van der Waals surface area contributed by atoms with Crippen LogP contribution in [0.25, 0.3) is 0 Å². The van der Waals surface area contributed by atoms with E-state index in [4.69, 9.17) is 0 Å². The van der Waals surface area contributed by atoms with Crippen LogP contribution in [0, 0.1) is 31.0 Å². The Kier molecular flexibility index (Phi) is 9.73. The minimum Gasteiger partial charge on any atom is -0.394 e. The minimum atomic E-state index is -0.381. The number of pyridine rings is 1. The Morgan fingerprint density at radius 3 is 2.56 bits per heavy atom. The first-order valence-corrected chi connectivity index (χ1v) is 13.8. The molecule has 0 bridgehead atoms. The van der Waals surface area contributed by atoms with Gasteiger partial charge < -0.3 is 25.1 Å². The lowest BCUT2D eigenvalue weighted by molar-refractivity contribution is 0.0698. The lowest BCUT2D eigenvalue weighted by atomic mass is 9.99. The fraction of sp³-hybridized carbons (Fsp3) is 0.387. The maximum atomic E-state index is 13.8. The van der Waals surface area contributed by atoms with Crippen LogP contribution in [0.3, 0.4) is 0 Å². The number of aliphatic hydroxyl groups excluding tert-OH is 1. The van der Waals surface area contributed by atoms with Crippen molar-refractivity contribution in [3.05, 3.63) is 82.8 Å². The van der Waals surface area contributed by atoms with E-state index in [1.54, 1.807) is 4.90 Å². The maximum absolute atomic E-state index is 13.8. The highest BCUT2D eigenvalue weighted by atomic mass is 32.1. The molecule has 216 valence electrons.